The monoisotopic (exact) mass is 252 g/mol. The zero-order valence-corrected chi connectivity index (χ0v) is 9.57. The fraction of sp³-hybridized carbons (Fsp3) is 0.333. The molecule has 0 aliphatic heterocycles. The van der Waals surface area contributed by atoms with Crippen LogP contribution < -0.4 is 11.1 Å². The summed E-state index contributed by atoms with van der Waals surface area (Å²) >= 11 is 0. The normalized spacial score (nSPS) is 16.1. The minimum atomic E-state index is -1.34. The van der Waals surface area contributed by atoms with Gasteiger partial charge in [0.1, 0.15) is 5.82 Å². The summed E-state index contributed by atoms with van der Waals surface area (Å²) in [6, 6.07) is 3.47. The van der Waals surface area contributed by atoms with Crippen LogP contribution in [-0.2, 0) is 4.79 Å². The van der Waals surface area contributed by atoms with E-state index in [2.05, 4.69) is 5.32 Å². The van der Waals surface area contributed by atoms with E-state index >= 15 is 0 Å². The third-order valence-electron chi connectivity index (χ3n) is 3.18. The quantitative estimate of drug-likeness (QED) is 0.750. The van der Waals surface area contributed by atoms with Crippen LogP contribution in [0.25, 0.3) is 0 Å². The zero-order valence-electron chi connectivity index (χ0n) is 9.57. The number of nitrogens with two attached hydrogens (primary N) is 1. The van der Waals surface area contributed by atoms with Crippen molar-refractivity contribution < 1.29 is 19.1 Å². The summed E-state index contributed by atoms with van der Waals surface area (Å²) in [6.45, 7) is 0.258. The van der Waals surface area contributed by atoms with Gasteiger partial charge in [-0.15, -0.1) is 0 Å². The molecule has 1 aliphatic carbocycles. The van der Waals surface area contributed by atoms with Gasteiger partial charge in [0.2, 0.25) is 5.91 Å². The molecule has 1 aromatic carbocycles. The van der Waals surface area contributed by atoms with Crippen molar-refractivity contribution in [2.24, 2.45) is 11.1 Å². The molecule has 4 N–H and O–H groups in total. The van der Waals surface area contributed by atoms with Crippen molar-refractivity contribution in [2.75, 3.05) is 11.9 Å². The molecule has 1 saturated carbocycles. The largest absolute Gasteiger partial charge is 0.478 e. The standard InChI is InChI=1S/C12H13FN2O3/c13-9-5-7(1-2-8(9)10(16)17)15-11(18)12(6-14)3-4-12/h1-2,5H,3-4,6,14H2,(H,15,18)(H,16,17). The first kappa shape index (κ1) is 12.5. The smallest absolute Gasteiger partial charge is 0.338 e. The molecule has 0 atom stereocenters. The van der Waals surface area contributed by atoms with Crippen LogP contribution >= 0.6 is 0 Å². The summed E-state index contributed by atoms with van der Waals surface area (Å²) in [7, 11) is 0. The van der Waals surface area contributed by atoms with E-state index in [4.69, 9.17) is 10.8 Å². The third-order valence-corrected chi connectivity index (χ3v) is 3.18. The molecular weight excluding hydrogens is 239 g/mol. The van der Waals surface area contributed by atoms with Crippen LogP contribution in [0, 0.1) is 11.2 Å². The third kappa shape index (κ3) is 2.19. The second kappa shape index (κ2) is 4.38. The van der Waals surface area contributed by atoms with Gasteiger partial charge < -0.3 is 16.2 Å². The van der Waals surface area contributed by atoms with E-state index in [9.17, 15) is 14.0 Å². The molecule has 1 fully saturated rings. The predicted octanol–water partition coefficient (Wildman–Crippen LogP) is 1.20. The fourth-order valence-corrected chi connectivity index (χ4v) is 1.70. The summed E-state index contributed by atoms with van der Waals surface area (Å²) in [5.74, 6) is -2.46. The van der Waals surface area contributed by atoms with E-state index in [1.54, 1.807) is 0 Å². The minimum absolute atomic E-state index is 0.238. The lowest BCUT2D eigenvalue weighted by Gasteiger charge is -2.13. The molecule has 1 amide bonds. The van der Waals surface area contributed by atoms with Crippen molar-refractivity contribution in [3.63, 3.8) is 0 Å². The Balaban J connectivity index is 2.13. The Morgan fingerprint density at radius 1 is 1.44 bits per heavy atom. The molecule has 0 heterocycles. The number of anilines is 1. The molecule has 0 saturated heterocycles. The Labute approximate surface area is 103 Å². The number of benzene rings is 1. The number of hydrogen-bond donors (Lipinski definition) is 3. The molecule has 96 valence electrons. The molecule has 0 aromatic heterocycles. The summed E-state index contributed by atoms with van der Waals surface area (Å²) < 4.78 is 13.4. The maximum Gasteiger partial charge on any atom is 0.338 e. The number of halogens is 1. The molecule has 1 aromatic rings. The highest BCUT2D eigenvalue weighted by Crippen LogP contribution is 2.45. The Bertz CT molecular complexity index is 512. The first-order valence-corrected chi connectivity index (χ1v) is 5.53. The van der Waals surface area contributed by atoms with E-state index in [0.29, 0.717) is 0 Å². The second-order valence-electron chi connectivity index (χ2n) is 4.44. The van der Waals surface area contributed by atoms with Gasteiger partial charge in [-0.25, -0.2) is 9.18 Å². The van der Waals surface area contributed by atoms with Crippen LogP contribution in [-0.4, -0.2) is 23.5 Å². The van der Waals surface area contributed by atoms with E-state index in [1.165, 1.54) is 6.07 Å². The number of carbonyl (C=O) groups is 2. The van der Waals surface area contributed by atoms with Crippen LogP contribution in [0.15, 0.2) is 18.2 Å². The maximum absolute atomic E-state index is 13.4. The summed E-state index contributed by atoms with van der Waals surface area (Å²) in [6.07, 6.45) is 1.45. The number of hydrogen-bond acceptors (Lipinski definition) is 3. The van der Waals surface area contributed by atoms with Crippen molar-refractivity contribution >= 4 is 17.6 Å². The molecular formula is C12H13FN2O3. The average molecular weight is 252 g/mol. The molecule has 0 bridgehead atoms. The highest BCUT2D eigenvalue weighted by atomic mass is 19.1. The van der Waals surface area contributed by atoms with Crippen molar-refractivity contribution in [1.29, 1.82) is 0 Å². The molecule has 6 heteroatoms. The SMILES string of the molecule is NCC1(C(=O)Nc2ccc(C(=O)O)c(F)c2)CC1. The van der Waals surface area contributed by atoms with E-state index in [1.807, 2.05) is 0 Å². The van der Waals surface area contributed by atoms with Gasteiger partial charge in [0.05, 0.1) is 11.0 Å². The van der Waals surface area contributed by atoms with Crippen LogP contribution in [0.2, 0.25) is 0 Å². The number of amides is 1. The van der Waals surface area contributed by atoms with Crippen molar-refractivity contribution in [1.82, 2.24) is 0 Å². The number of carbonyl (C=O) groups excluding carboxylic acids is 1. The van der Waals surface area contributed by atoms with Gasteiger partial charge in [0, 0.05) is 12.2 Å². The lowest BCUT2D eigenvalue weighted by atomic mass is 10.1. The van der Waals surface area contributed by atoms with Gasteiger partial charge >= 0.3 is 5.97 Å². The number of nitrogens with one attached hydrogen (secondary N) is 1. The van der Waals surface area contributed by atoms with Crippen molar-refractivity contribution in [3.8, 4) is 0 Å². The van der Waals surface area contributed by atoms with Crippen molar-refractivity contribution in [2.45, 2.75) is 12.8 Å². The first-order chi connectivity index (χ1) is 8.48. The van der Waals surface area contributed by atoms with Gasteiger partial charge in [-0.1, -0.05) is 0 Å². The summed E-state index contributed by atoms with van der Waals surface area (Å²) in [5, 5.41) is 11.2. The highest BCUT2D eigenvalue weighted by Gasteiger charge is 2.48. The van der Waals surface area contributed by atoms with Gasteiger partial charge in [-0.05, 0) is 31.0 Å². The topological polar surface area (TPSA) is 92.4 Å². The van der Waals surface area contributed by atoms with Gasteiger partial charge in [-0.2, -0.15) is 0 Å². The van der Waals surface area contributed by atoms with E-state index in [-0.39, 0.29) is 18.1 Å². The Morgan fingerprint density at radius 3 is 2.56 bits per heavy atom. The molecule has 18 heavy (non-hydrogen) atoms. The minimum Gasteiger partial charge on any atom is -0.478 e. The second-order valence-corrected chi connectivity index (χ2v) is 4.44. The molecule has 1 aliphatic rings. The molecule has 2 rings (SSSR count). The van der Waals surface area contributed by atoms with Crippen LogP contribution in [0.3, 0.4) is 0 Å². The van der Waals surface area contributed by atoms with E-state index in [0.717, 1.165) is 25.0 Å². The van der Waals surface area contributed by atoms with E-state index < -0.39 is 22.8 Å². The molecule has 5 nitrogen and oxygen atoms in total. The Morgan fingerprint density at radius 2 is 2.11 bits per heavy atom. The summed E-state index contributed by atoms with van der Waals surface area (Å²) in [4.78, 5) is 22.5. The van der Waals surface area contributed by atoms with Gasteiger partial charge in [0.25, 0.3) is 0 Å². The average Bonchev–Trinajstić information content (AvgIpc) is 3.09. The van der Waals surface area contributed by atoms with Crippen LogP contribution in [0.5, 0.6) is 0 Å². The number of rotatable bonds is 4. The Kier molecular flexibility index (Phi) is 3.04. The fourth-order valence-electron chi connectivity index (χ4n) is 1.70. The predicted molar refractivity (Wildman–Crippen MR) is 62.7 cm³/mol. The van der Waals surface area contributed by atoms with Gasteiger partial charge in [0.15, 0.2) is 0 Å². The number of aromatic carboxylic acids is 1. The van der Waals surface area contributed by atoms with Crippen LogP contribution in [0.4, 0.5) is 10.1 Å². The number of carboxylic acid groups (broad SMARTS) is 1. The molecule has 0 unspecified atom stereocenters. The highest BCUT2D eigenvalue weighted by molar-refractivity contribution is 5.98. The first-order valence-electron chi connectivity index (χ1n) is 5.53. The van der Waals surface area contributed by atoms with Crippen molar-refractivity contribution in [3.05, 3.63) is 29.6 Å². The molecule has 0 radical (unpaired) electrons. The number of carboxylic acids is 1. The van der Waals surface area contributed by atoms with Crippen LogP contribution in [0.1, 0.15) is 23.2 Å². The molecule has 0 spiro atoms. The lowest BCUT2D eigenvalue weighted by Crippen LogP contribution is -2.30. The Hall–Kier alpha value is -1.95. The maximum atomic E-state index is 13.4. The lowest BCUT2D eigenvalue weighted by molar-refractivity contribution is -0.120. The zero-order chi connectivity index (χ0) is 13.3. The summed E-state index contributed by atoms with van der Waals surface area (Å²) in [5.41, 5.74) is 4.79. The van der Waals surface area contributed by atoms with Gasteiger partial charge in [-0.3, -0.25) is 4.79 Å².